The van der Waals surface area contributed by atoms with Gasteiger partial charge in [0, 0.05) is 33.0 Å². The fourth-order valence-corrected chi connectivity index (χ4v) is 10.7. The van der Waals surface area contributed by atoms with Gasteiger partial charge in [0.05, 0.1) is 16.8 Å². The highest BCUT2D eigenvalue weighted by Gasteiger charge is 2.52. The topological polar surface area (TPSA) is 16.4 Å². The average molecular weight is 776 g/mol. The molecule has 2 aliphatic carbocycles. The van der Waals surface area contributed by atoms with E-state index in [9.17, 15) is 0 Å². The molecule has 1 aromatic heterocycles. The standard InChI is InChI=1S/C59H37NO/c1-2-15-40(16-3-1)44-23-13-24-47-49-37-41(33-36-56(49)61-58(44)47)38-31-34-42(35-32-38)60(54-29-12-18-39-17-4-5-19-43(39)54)55-30-14-28-53-57(55)48-22-8-11-27-52(48)59(53)50-25-9-6-20-45(50)46-21-7-10-26-51(46)59/h1-37H. The predicted octanol–water partition coefficient (Wildman–Crippen LogP) is 15.9. The van der Waals surface area contributed by atoms with Gasteiger partial charge in [0.1, 0.15) is 11.2 Å². The normalized spacial score (nSPS) is 13.0. The second kappa shape index (κ2) is 13.0. The number of para-hydroxylation sites is 1. The number of rotatable bonds is 5. The van der Waals surface area contributed by atoms with Crippen LogP contribution in [0.2, 0.25) is 0 Å². The summed E-state index contributed by atoms with van der Waals surface area (Å²) in [6.07, 6.45) is 0. The second-order valence-electron chi connectivity index (χ2n) is 16.3. The summed E-state index contributed by atoms with van der Waals surface area (Å²) in [6, 6.07) is 82.2. The number of anilines is 3. The van der Waals surface area contributed by atoms with Gasteiger partial charge in [-0.1, -0.05) is 188 Å². The molecule has 10 aromatic carbocycles. The highest BCUT2D eigenvalue weighted by atomic mass is 16.3. The van der Waals surface area contributed by atoms with Crippen LogP contribution in [-0.2, 0) is 5.41 Å². The molecule has 0 unspecified atom stereocenters. The number of furan rings is 1. The van der Waals surface area contributed by atoms with Crippen LogP contribution in [0.3, 0.4) is 0 Å². The lowest BCUT2D eigenvalue weighted by atomic mass is 9.70. The summed E-state index contributed by atoms with van der Waals surface area (Å²) in [7, 11) is 0. The summed E-state index contributed by atoms with van der Waals surface area (Å²) >= 11 is 0. The minimum Gasteiger partial charge on any atom is -0.455 e. The number of nitrogens with zero attached hydrogens (tertiary/aromatic N) is 1. The maximum atomic E-state index is 6.54. The van der Waals surface area contributed by atoms with Crippen LogP contribution in [0.25, 0.3) is 77.2 Å². The van der Waals surface area contributed by atoms with Crippen molar-refractivity contribution < 1.29 is 4.42 Å². The van der Waals surface area contributed by atoms with E-state index in [-0.39, 0.29) is 0 Å². The Morgan fingerprint density at radius 2 is 0.902 bits per heavy atom. The van der Waals surface area contributed by atoms with Crippen molar-refractivity contribution in [1.29, 1.82) is 0 Å². The van der Waals surface area contributed by atoms with Gasteiger partial charge in [-0.05, 0) is 97.4 Å². The van der Waals surface area contributed by atoms with E-state index < -0.39 is 5.41 Å². The Labute approximate surface area is 354 Å². The van der Waals surface area contributed by atoms with Crippen molar-refractivity contribution in [2.24, 2.45) is 0 Å². The van der Waals surface area contributed by atoms with Crippen molar-refractivity contribution in [3.05, 3.63) is 247 Å². The summed E-state index contributed by atoms with van der Waals surface area (Å²) in [5, 5.41) is 4.66. The van der Waals surface area contributed by atoms with Crippen LogP contribution < -0.4 is 4.90 Å². The van der Waals surface area contributed by atoms with E-state index in [4.69, 9.17) is 4.42 Å². The van der Waals surface area contributed by atoms with Gasteiger partial charge < -0.3 is 9.32 Å². The zero-order valence-corrected chi connectivity index (χ0v) is 33.2. The molecular formula is C59H37NO. The van der Waals surface area contributed by atoms with Crippen LogP contribution in [-0.4, -0.2) is 0 Å². The third-order valence-corrected chi connectivity index (χ3v) is 13.3. The third kappa shape index (κ3) is 4.79. The molecule has 2 aliphatic rings. The van der Waals surface area contributed by atoms with Crippen LogP contribution in [0.5, 0.6) is 0 Å². The first-order valence-electron chi connectivity index (χ1n) is 21.1. The van der Waals surface area contributed by atoms with E-state index in [2.05, 4.69) is 229 Å². The van der Waals surface area contributed by atoms with Crippen LogP contribution in [0.1, 0.15) is 22.3 Å². The van der Waals surface area contributed by atoms with E-state index >= 15 is 0 Å². The number of hydrogen-bond acceptors (Lipinski definition) is 2. The molecule has 0 saturated carbocycles. The molecule has 2 heteroatoms. The monoisotopic (exact) mass is 775 g/mol. The van der Waals surface area contributed by atoms with Gasteiger partial charge in [-0.2, -0.15) is 0 Å². The molecule has 0 bridgehead atoms. The van der Waals surface area contributed by atoms with Crippen molar-refractivity contribution >= 4 is 49.8 Å². The lowest BCUT2D eigenvalue weighted by Crippen LogP contribution is -2.26. The first-order chi connectivity index (χ1) is 30.3. The third-order valence-electron chi connectivity index (χ3n) is 13.3. The summed E-state index contributed by atoms with van der Waals surface area (Å²) in [4.78, 5) is 2.49. The van der Waals surface area contributed by atoms with Crippen LogP contribution in [0.4, 0.5) is 17.1 Å². The van der Waals surface area contributed by atoms with Gasteiger partial charge >= 0.3 is 0 Å². The van der Waals surface area contributed by atoms with Gasteiger partial charge in [0.25, 0.3) is 0 Å². The van der Waals surface area contributed by atoms with E-state index in [1.165, 1.54) is 55.3 Å². The fourth-order valence-electron chi connectivity index (χ4n) is 10.7. The van der Waals surface area contributed by atoms with Crippen LogP contribution >= 0.6 is 0 Å². The Morgan fingerprint density at radius 3 is 1.69 bits per heavy atom. The maximum absolute atomic E-state index is 6.54. The predicted molar refractivity (Wildman–Crippen MR) is 253 cm³/mol. The molecular weight excluding hydrogens is 739 g/mol. The minimum atomic E-state index is -0.429. The highest BCUT2D eigenvalue weighted by molar-refractivity contribution is 6.11. The first-order valence-corrected chi connectivity index (χ1v) is 21.1. The molecule has 0 saturated heterocycles. The van der Waals surface area contributed by atoms with Crippen LogP contribution in [0, 0.1) is 0 Å². The fraction of sp³-hybridized carbons (Fsp3) is 0.0169. The SMILES string of the molecule is c1ccc(-c2cccc3c2oc2ccc(-c4ccc(N(c5cccc6c5-c5ccccc5C65c6ccccc6-c6ccccc65)c5cccc6ccccc56)cc4)cc23)cc1. The first kappa shape index (κ1) is 34.0. The van der Waals surface area contributed by atoms with E-state index in [0.717, 1.165) is 61.3 Å². The van der Waals surface area contributed by atoms with E-state index in [0.29, 0.717) is 0 Å². The molecule has 284 valence electrons. The molecule has 61 heavy (non-hydrogen) atoms. The van der Waals surface area contributed by atoms with Gasteiger partial charge in [-0.15, -0.1) is 0 Å². The van der Waals surface area contributed by atoms with Crippen molar-refractivity contribution in [3.8, 4) is 44.5 Å². The Morgan fingerprint density at radius 1 is 0.344 bits per heavy atom. The molecule has 2 nitrogen and oxygen atoms in total. The molecule has 13 rings (SSSR count). The lowest BCUT2D eigenvalue weighted by molar-refractivity contribution is 0.670. The molecule has 1 heterocycles. The lowest BCUT2D eigenvalue weighted by Gasteiger charge is -2.32. The Hall–Kier alpha value is -7.94. The molecule has 0 atom stereocenters. The van der Waals surface area contributed by atoms with Crippen molar-refractivity contribution in [2.75, 3.05) is 4.90 Å². The number of benzene rings is 10. The Kier molecular flexibility index (Phi) is 7.26. The van der Waals surface area contributed by atoms with E-state index in [1.54, 1.807) is 0 Å². The Balaban J connectivity index is 1.00. The quantitative estimate of drug-likeness (QED) is 0.173. The summed E-state index contributed by atoms with van der Waals surface area (Å²) in [5.41, 5.74) is 19.9. The van der Waals surface area contributed by atoms with Crippen molar-refractivity contribution in [3.63, 3.8) is 0 Å². The zero-order valence-electron chi connectivity index (χ0n) is 33.2. The molecule has 1 spiro atoms. The van der Waals surface area contributed by atoms with Crippen molar-refractivity contribution in [1.82, 2.24) is 0 Å². The molecule has 0 N–H and O–H groups in total. The number of fused-ring (bicyclic) bond motifs is 14. The van der Waals surface area contributed by atoms with Gasteiger partial charge in [0.15, 0.2) is 0 Å². The average Bonchev–Trinajstić information content (AvgIpc) is 3.96. The summed E-state index contributed by atoms with van der Waals surface area (Å²) in [6.45, 7) is 0. The largest absolute Gasteiger partial charge is 0.455 e. The summed E-state index contributed by atoms with van der Waals surface area (Å²) in [5.74, 6) is 0. The molecule has 0 fully saturated rings. The van der Waals surface area contributed by atoms with Gasteiger partial charge in [-0.25, -0.2) is 0 Å². The molecule has 0 amide bonds. The Bertz CT molecular complexity index is 3490. The van der Waals surface area contributed by atoms with Gasteiger partial charge in [-0.3, -0.25) is 0 Å². The highest BCUT2D eigenvalue weighted by Crippen LogP contribution is 2.64. The maximum Gasteiger partial charge on any atom is 0.143 e. The second-order valence-corrected chi connectivity index (χ2v) is 16.3. The van der Waals surface area contributed by atoms with Crippen LogP contribution in [0.15, 0.2) is 229 Å². The molecule has 0 radical (unpaired) electrons. The van der Waals surface area contributed by atoms with E-state index in [1.807, 2.05) is 0 Å². The van der Waals surface area contributed by atoms with Crippen molar-refractivity contribution in [2.45, 2.75) is 5.41 Å². The summed E-state index contributed by atoms with van der Waals surface area (Å²) < 4.78 is 6.54. The minimum absolute atomic E-state index is 0.429. The number of hydrogen-bond donors (Lipinski definition) is 0. The zero-order chi connectivity index (χ0) is 40.1. The molecule has 0 aliphatic heterocycles. The molecule has 11 aromatic rings. The van der Waals surface area contributed by atoms with Gasteiger partial charge in [0.2, 0.25) is 0 Å². The smallest absolute Gasteiger partial charge is 0.143 e.